The average molecular weight is 371 g/mol. The molecule has 0 aromatic rings. The molecule has 0 atom stereocenters. The zero-order valence-electron chi connectivity index (χ0n) is 13.8. The van der Waals surface area contributed by atoms with Crippen molar-refractivity contribution in [3.63, 3.8) is 0 Å². The van der Waals surface area contributed by atoms with Gasteiger partial charge in [0, 0.05) is 0 Å². The Labute approximate surface area is 120 Å². The van der Waals surface area contributed by atoms with E-state index >= 15 is 0 Å². The molecule has 0 unspecified atom stereocenters. The van der Waals surface area contributed by atoms with Crippen molar-refractivity contribution in [2.24, 2.45) is 5.92 Å². The van der Waals surface area contributed by atoms with Gasteiger partial charge in [0.15, 0.2) is 0 Å². The first kappa shape index (κ1) is 16.5. The van der Waals surface area contributed by atoms with Crippen LogP contribution in [-0.2, 0) is 0 Å². The molecule has 0 aromatic carbocycles. The second kappa shape index (κ2) is 5.86. The number of rotatable bonds is 5. The van der Waals surface area contributed by atoms with Crippen LogP contribution in [-0.4, -0.2) is 26.5 Å². The molecule has 0 aliphatic carbocycles. The van der Waals surface area contributed by atoms with Gasteiger partial charge in [-0.25, -0.2) is 0 Å². The zero-order valence-corrected chi connectivity index (χ0v) is 17.6. The summed E-state index contributed by atoms with van der Waals surface area (Å²) in [6, 6.07) is 0. The number of hydrogen-bond donors (Lipinski definition) is 0. The molecule has 0 N–H and O–H groups in total. The third-order valence-corrected chi connectivity index (χ3v) is 23.4. The predicted octanol–water partition coefficient (Wildman–Crippen LogP) is 5.73. The van der Waals surface area contributed by atoms with Crippen LogP contribution in [0.3, 0.4) is 0 Å². The van der Waals surface area contributed by atoms with Gasteiger partial charge < -0.3 is 0 Å². The van der Waals surface area contributed by atoms with Gasteiger partial charge >= 0.3 is 120 Å². The zero-order chi connectivity index (χ0) is 14.1. The van der Waals surface area contributed by atoms with Crippen LogP contribution >= 0.6 is 0 Å². The van der Waals surface area contributed by atoms with Crippen molar-refractivity contribution in [1.29, 1.82) is 0 Å². The van der Waals surface area contributed by atoms with Crippen molar-refractivity contribution in [2.75, 3.05) is 0 Å². The summed E-state index contributed by atoms with van der Waals surface area (Å²) in [5.74, 6) is 0.836. The van der Waals surface area contributed by atoms with Gasteiger partial charge in [-0.2, -0.15) is 0 Å². The molecule has 0 spiro atoms. The summed E-state index contributed by atoms with van der Waals surface area (Å²) >= 11 is -1.92. The molecule has 104 valence electrons. The van der Waals surface area contributed by atoms with Crippen LogP contribution in [0.4, 0.5) is 0 Å². The summed E-state index contributed by atoms with van der Waals surface area (Å²) in [4.78, 5) is 7.81. The fourth-order valence-corrected chi connectivity index (χ4v) is 29.0. The van der Waals surface area contributed by atoms with E-state index in [4.69, 9.17) is 0 Å². The second-order valence-corrected chi connectivity index (χ2v) is 27.8. The van der Waals surface area contributed by atoms with Gasteiger partial charge in [0.25, 0.3) is 0 Å². The quantitative estimate of drug-likeness (QED) is 0.541. The summed E-state index contributed by atoms with van der Waals surface area (Å²) in [5, 5.41) is 1.84. The molecule has 0 saturated heterocycles. The summed E-state index contributed by atoms with van der Waals surface area (Å²) in [6.07, 6.45) is 6.59. The summed E-state index contributed by atoms with van der Waals surface area (Å²) in [6.45, 7) is 12.3. The molecular weight excluding hydrogens is 339 g/mol. The summed E-state index contributed by atoms with van der Waals surface area (Å²) in [7, 11) is -1.25. The Hall–Kier alpha value is 0.496. The van der Waals surface area contributed by atoms with Crippen molar-refractivity contribution < 1.29 is 0 Å². The van der Waals surface area contributed by atoms with E-state index in [-0.39, 0.29) is 0 Å². The SMILES string of the molecule is CCC1=[C]([Sn]([CH3])([CH3])[CH3])[Si](C)(C)C(CCC(C)C)=C1. The van der Waals surface area contributed by atoms with Crippen LogP contribution in [0.5, 0.6) is 0 Å². The molecule has 0 nitrogen and oxygen atoms in total. The van der Waals surface area contributed by atoms with Crippen molar-refractivity contribution in [1.82, 2.24) is 0 Å². The van der Waals surface area contributed by atoms with Gasteiger partial charge in [-0.05, 0) is 0 Å². The van der Waals surface area contributed by atoms with E-state index in [1.54, 1.807) is 5.57 Å². The molecule has 1 heterocycles. The molecule has 1 aliphatic rings. The van der Waals surface area contributed by atoms with Crippen molar-refractivity contribution >= 4 is 26.5 Å². The van der Waals surface area contributed by atoms with E-state index in [2.05, 4.69) is 54.8 Å². The monoisotopic (exact) mass is 372 g/mol. The molecule has 0 fully saturated rings. The maximum atomic E-state index is 2.62. The third kappa shape index (κ3) is 3.53. The Morgan fingerprint density at radius 2 is 1.72 bits per heavy atom. The van der Waals surface area contributed by atoms with Gasteiger partial charge in [0.1, 0.15) is 0 Å². The van der Waals surface area contributed by atoms with Gasteiger partial charge in [-0.15, -0.1) is 0 Å². The molecule has 0 saturated carbocycles. The van der Waals surface area contributed by atoms with E-state index in [9.17, 15) is 0 Å². The standard InChI is InChI=1S/C13H23Si.3CH3.Sn/c1-6-12-9-13(8-7-11(2)3)14(4,5)10-12;;;;/h9,11H,6-8H2,1-5H3;3*1H3;. The number of hydrogen-bond acceptors (Lipinski definition) is 0. The van der Waals surface area contributed by atoms with Crippen LogP contribution < -0.4 is 0 Å². The molecule has 2 heteroatoms. The first-order valence-corrected chi connectivity index (χ1v) is 20.5. The molecule has 0 bridgehead atoms. The van der Waals surface area contributed by atoms with Gasteiger partial charge in [0.05, 0.1) is 0 Å². The van der Waals surface area contributed by atoms with Gasteiger partial charge in [-0.3, -0.25) is 0 Å². The van der Waals surface area contributed by atoms with Crippen molar-refractivity contribution in [3.05, 3.63) is 20.1 Å². The summed E-state index contributed by atoms with van der Waals surface area (Å²) < 4.78 is 2.01. The van der Waals surface area contributed by atoms with Crippen LogP contribution in [0.25, 0.3) is 0 Å². The van der Waals surface area contributed by atoms with E-state index in [0.29, 0.717) is 0 Å². The van der Waals surface area contributed by atoms with Crippen LogP contribution in [0, 0.1) is 5.92 Å². The average Bonchev–Trinajstić information content (AvgIpc) is 2.45. The normalized spacial score (nSPS) is 19.7. The van der Waals surface area contributed by atoms with Crippen LogP contribution in [0.15, 0.2) is 20.1 Å². The Kier molecular flexibility index (Phi) is 5.39. The molecule has 1 aliphatic heterocycles. The summed E-state index contributed by atoms with van der Waals surface area (Å²) in [5.41, 5.74) is 1.74. The Balaban J connectivity index is 3.03. The molecule has 1 rings (SSSR count). The molecule has 0 aromatic heterocycles. The fourth-order valence-electron chi connectivity index (χ4n) is 3.55. The van der Waals surface area contributed by atoms with Crippen LogP contribution in [0.2, 0.25) is 27.9 Å². The van der Waals surface area contributed by atoms with E-state index in [1.807, 2.05) is 8.41 Å². The van der Waals surface area contributed by atoms with E-state index < -0.39 is 26.5 Å². The molecule has 0 radical (unpaired) electrons. The maximum absolute atomic E-state index is 2.62. The molecule has 0 amide bonds. The predicted molar refractivity (Wildman–Crippen MR) is 90.3 cm³/mol. The Bertz CT molecular complexity index is 367. The Morgan fingerprint density at radius 1 is 1.17 bits per heavy atom. The molecule has 18 heavy (non-hydrogen) atoms. The second-order valence-electron chi connectivity index (χ2n) is 7.73. The van der Waals surface area contributed by atoms with Crippen LogP contribution in [0.1, 0.15) is 40.0 Å². The minimum atomic E-state index is -1.92. The molecular formula is C16H32SiSn. The van der Waals surface area contributed by atoms with Gasteiger partial charge in [0.2, 0.25) is 0 Å². The Morgan fingerprint density at radius 3 is 2.06 bits per heavy atom. The fraction of sp³-hybridized carbons (Fsp3) is 0.750. The minimum absolute atomic E-state index is 0.836. The van der Waals surface area contributed by atoms with Gasteiger partial charge in [-0.1, -0.05) is 0 Å². The third-order valence-electron chi connectivity index (χ3n) is 4.22. The van der Waals surface area contributed by atoms with E-state index in [0.717, 1.165) is 5.92 Å². The van der Waals surface area contributed by atoms with Crippen molar-refractivity contribution in [2.45, 2.75) is 67.9 Å². The van der Waals surface area contributed by atoms with E-state index in [1.165, 1.54) is 19.3 Å². The van der Waals surface area contributed by atoms with Crippen molar-refractivity contribution in [3.8, 4) is 0 Å². The first-order valence-electron chi connectivity index (χ1n) is 7.55. The topological polar surface area (TPSA) is 0 Å². The number of allylic oxidation sites excluding steroid dienone is 3. The first-order chi connectivity index (χ1) is 8.10.